The van der Waals surface area contributed by atoms with Gasteiger partial charge < -0.3 is 14.7 Å². The van der Waals surface area contributed by atoms with Gasteiger partial charge in [0.2, 0.25) is 5.91 Å². The van der Waals surface area contributed by atoms with Crippen molar-refractivity contribution in [2.75, 3.05) is 6.54 Å². The third-order valence-corrected chi connectivity index (χ3v) is 6.24. The van der Waals surface area contributed by atoms with Crippen LogP contribution in [0.3, 0.4) is 0 Å². The average molecular weight is 500 g/mol. The first kappa shape index (κ1) is 24.7. The lowest BCUT2D eigenvalue weighted by atomic mass is 9.91. The van der Waals surface area contributed by atoms with Crippen LogP contribution in [0.15, 0.2) is 60.7 Å². The molecule has 182 valence electrons. The minimum absolute atomic E-state index is 0.0147. The van der Waals surface area contributed by atoms with E-state index in [0.717, 1.165) is 16.7 Å². The molecule has 0 saturated heterocycles. The Labute approximate surface area is 206 Å². The molecule has 1 amide bonds. The monoisotopic (exact) mass is 499 g/mol. The first-order chi connectivity index (χ1) is 16.6. The van der Waals surface area contributed by atoms with Crippen molar-refractivity contribution < 1.29 is 28.2 Å². The highest BCUT2D eigenvalue weighted by molar-refractivity contribution is 6.30. The minimum atomic E-state index is -1.13. The van der Waals surface area contributed by atoms with E-state index >= 15 is 0 Å². The predicted octanol–water partition coefficient (Wildman–Crippen LogP) is 5.21. The summed E-state index contributed by atoms with van der Waals surface area (Å²) in [6.45, 7) is 1.55. The van der Waals surface area contributed by atoms with Gasteiger partial charge in [-0.05, 0) is 59.5 Å². The number of carboxylic acids is 1. The Balaban J connectivity index is 1.45. The van der Waals surface area contributed by atoms with E-state index in [1.807, 2.05) is 13.0 Å². The minimum Gasteiger partial charge on any atom is -0.487 e. The number of nitrogens with zero attached hydrogens (tertiary/aromatic N) is 1. The number of amides is 1. The number of rotatable bonds is 8. The summed E-state index contributed by atoms with van der Waals surface area (Å²) in [7, 11) is 0. The van der Waals surface area contributed by atoms with Gasteiger partial charge in [-0.25, -0.2) is 8.78 Å². The molecule has 1 aliphatic heterocycles. The Morgan fingerprint density at radius 2 is 1.71 bits per heavy atom. The zero-order valence-corrected chi connectivity index (χ0v) is 19.8. The normalized spacial score (nSPS) is 16.5. The second-order valence-corrected chi connectivity index (χ2v) is 9.45. The molecule has 5 nitrogen and oxygen atoms in total. The highest BCUT2D eigenvalue weighted by atomic mass is 35.5. The summed E-state index contributed by atoms with van der Waals surface area (Å²) in [4.78, 5) is 25.5. The molecule has 0 aromatic heterocycles. The highest BCUT2D eigenvalue weighted by Crippen LogP contribution is 2.38. The van der Waals surface area contributed by atoms with Crippen LogP contribution in [0.25, 0.3) is 0 Å². The molecule has 1 aliphatic rings. The number of carbonyl (C=O) groups is 2. The van der Waals surface area contributed by atoms with Gasteiger partial charge in [-0.3, -0.25) is 9.59 Å². The van der Waals surface area contributed by atoms with Gasteiger partial charge in [0.15, 0.2) is 0 Å². The van der Waals surface area contributed by atoms with Crippen LogP contribution in [0.4, 0.5) is 8.78 Å². The molecule has 0 bridgehead atoms. The van der Waals surface area contributed by atoms with Crippen LogP contribution in [0.5, 0.6) is 5.75 Å². The Morgan fingerprint density at radius 3 is 2.40 bits per heavy atom. The van der Waals surface area contributed by atoms with E-state index in [4.69, 9.17) is 16.3 Å². The van der Waals surface area contributed by atoms with Crippen LogP contribution in [0.1, 0.15) is 29.2 Å². The molecule has 35 heavy (non-hydrogen) atoms. The molecule has 0 saturated carbocycles. The zero-order chi connectivity index (χ0) is 25.2. The standard InChI is InChI=1S/C27H24ClF2NO4/c1-27(13-19-4-8-22(28)23(30)11-19)14-20-10-18(5-9-24(20)35-27)12-25(32)31(16-26(33)34)15-17-2-6-21(29)7-3-17/h2-11H,12-16H2,1H3,(H,33,34). The summed E-state index contributed by atoms with van der Waals surface area (Å²) in [5.41, 5.74) is 2.48. The molecule has 3 aromatic rings. The Kier molecular flexibility index (Phi) is 7.08. The third-order valence-electron chi connectivity index (χ3n) is 5.93. The summed E-state index contributed by atoms with van der Waals surface area (Å²) in [6, 6.07) is 15.8. The van der Waals surface area contributed by atoms with E-state index in [-0.39, 0.29) is 23.9 Å². The number of fused-ring (bicyclic) bond motifs is 1. The van der Waals surface area contributed by atoms with Crippen LogP contribution >= 0.6 is 11.6 Å². The largest absolute Gasteiger partial charge is 0.487 e. The molecule has 1 atom stereocenters. The average Bonchev–Trinajstić information content (AvgIpc) is 3.12. The Morgan fingerprint density at radius 1 is 1.03 bits per heavy atom. The highest BCUT2D eigenvalue weighted by Gasteiger charge is 2.35. The predicted molar refractivity (Wildman–Crippen MR) is 127 cm³/mol. The van der Waals surface area contributed by atoms with Crippen molar-refractivity contribution in [2.45, 2.75) is 38.3 Å². The van der Waals surface area contributed by atoms with Crippen molar-refractivity contribution in [1.29, 1.82) is 0 Å². The summed E-state index contributed by atoms with van der Waals surface area (Å²) >= 11 is 5.78. The fourth-order valence-corrected chi connectivity index (χ4v) is 4.47. The van der Waals surface area contributed by atoms with E-state index in [2.05, 4.69) is 0 Å². The van der Waals surface area contributed by atoms with Crippen molar-refractivity contribution in [2.24, 2.45) is 0 Å². The van der Waals surface area contributed by atoms with Gasteiger partial charge in [0.25, 0.3) is 0 Å². The van der Waals surface area contributed by atoms with Crippen LogP contribution in [0, 0.1) is 11.6 Å². The lowest BCUT2D eigenvalue weighted by Gasteiger charge is -2.24. The number of ether oxygens (including phenoxy) is 1. The zero-order valence-electron chi connectivity index (χ0n) is 19.1. The van der Waals surface area contributed by atoms with Crippen molar-refractivity contribution in [3.63, 3.8) is 0 Å². The first-order valence-electron chi connectivity index (χ1n) is 11.1. The van der Waals surface area contributed by atoms with Gasteiger partial charge >= 0.3 is 5.97 Å². The van der Waals surface area contributed by atoms with Gasteiger partial charge in [0.05, 0.1) is 11.4 Å². The number of halogens is 3. The fraction of sp³-hybridized carbons (Fsp3) is 0.259. The SMILES string of the molecule is CC1(Cc2ccc(Cl)c(F)c2)Cc2cc(CC(=O)N(CC(=O)O)Cc3ccc(F)cc3)ccc2O1. The van der Waals surface area contributed by atoms with E-state index < -0.39 is 29.7 Å². The summed E-state index contributed by atoms with van der Waals surface area (Å²) < 4.78 is 33.2. The number of carbonyl (C=O) groups excluding carboxylic acids is 1. The van der Waals surface area contributed by atoms with Gasteiger partial charge in [-0.1, -0.05) is 41.9 Å². The molecule has 0 aliphatic carbocycles. The van der Waals surface area contributed by atoms with E-state index in [1.54, 1.807) is 18.2 Å². The topological polar surface area (TPSA) is 66.8 Å². The van der Waals surface area contributed by atoms with Crippen LogP contribution < -0.4 is 4.74 Å². The Hall–Kier alpha value is -3.45. The van der Waals surface area contributed by atoms with Gasteiger partial charge in [-0.2, -0.15) is 0 Å². The number of hydrogen-bond donors (Lipinski definition) is 1. The van der Waals surface area contributed by atoms with Gasteiger partial charge in [-0.15, -0.1) is 0 Å². The Bertz CT molecular complexity index is 1260. The van der Waals surface area contributed by atoms with Crippen molar-refractivity contribution in [3.05, 3.63) is 99.6 Å². The smallest absolute Gasteiger partial charge is 0.323 e. The summed E-state index contributed by atoms with van der Waals surface area (Å²) in [5.74, 6) is -1.66. The van der Waals surface area contributed by atoms with Crippen molar-refractivity contribution in [1.82, 2.24) is 4.90 Å². The van der Waals surface area contributed by atoms with Gasteiger partial charge in [0, 0.05) is 19.4 Å². The quantitative estimate of drug-likeness (QED) is 0.462. The van der Waals surface area contributed by atoms with E-state index in [9.17, 15) is 23.5 Å². The molecule has 1 unspecified atom stereocenters. The lowest BCUT2D eigenvalue weighted by molar-refractivity contribution is -0.144. The number of carboxylic acid groups (broad SMARTS) is 1. The van der Waals surface area contributed by atoms with Crippen LogP contribution in [0.2, 0.25) is 5.02 Å². The number of hydrogen-bond acceptors (Lipinski definition) is 3. The maximum Gasteiger partial charge on any atom is 0.323 e. The molecule has 1 N–H and O–H groups in total. The third kappa shape index (κ3) is 6.17. The second-order valence-electron chi connectivity index (χ2n) is 9.04. The first-order valence-corrected chi connectivity index (χ1v) is 11.5. The molecule has 4 rings (SSSR count). The summed E-state index contributed by atoms with van der Waals surface area (Å²) in [5, 5.41) is 9.33. The molecule has 0 radical (unpaired) electrons. The molecular formula is C27H24ClF2NO4. The van der Waals surface area contributed by atoms with Crippen molar-refractivity contribution in [3.8, 4) is 5.75 Å². The van der Waals surface area contributed by atoms with Crippen LogP contribution in [-0.2, 0) is 35.4 Å². The molecule has 3 aromatic carbocycles. The maximum absolute atomic E-state index is 13.9. The molecule has 0 spiro atoms. The molecule has 0 fully saturated rings. The fourth-order valence-electron chi connectivity index (χ4n) is 4.36. The van der Waals surface area contributed by atoms with Crippen molar-refractivity contribution >= 4 is 23.5 Å². The van der Waals surface area contributed by atoms with Crippen LogP contribution in [-0.4, -0.2) is 34.0 Å². The maximum atomic E-state index is 13.9. The number of aliphatic carboxylic acids is 1. The van der Waals surface area contributed by atoms with Gasteiger partial charge in [0.1, 0.15) is 29.5 Å². The lowest BCUT2D eigenvalue weighted by Crippen LogP contribution is -2.36. The summed E-state index contributed by atoms with van der Waals surface area (Å²) in [6.07, 6.45) is 1.07. The van der Waals surface area contributed by atoms with E-state index in [1.165, 1.54) is 41.3 Å². The van der Waals surface area contributed by atoms with E-state index in [0.29, 0.717) is 24.2 Å². The second kappa shape index (κ2) is 10.0. The molecule has 8 heteroatoms. The number of benzene rings is 3. The molecule has 1 heterocycles. The molecular weight excluding hydrogens is 476 g/mol.